The van der Waals surface area contributed by atoms with E-state index in [1.165, 1.54) is 0 Å². The first-order valence-electron chi connectivity index (χ1n) is 3.68. The van der Waals surface area contributed by atoms with E-state index < -0.39 is 18.6 Å². The highest BCUT2D eigenvalue weighted by Crippen LogP contribution is 2.21. The molecule has 2 N–H and O–H groups in total. The van der Waals surface area contributed by atoms with Crippen LogP contribution in [0.2, 0.25) is 10.2 Å². The summed E-state index contributed by atoms with van der Waals surface area (Å²) in [7, 11) is 0. The lowest BCUT2D eigenvalue weighted by Gasteiger charge is -2.06. The third-order valence-electron chi connectivity index (χ3n) is 1.42. The third-order valence-corrected chi connectivity index (χ3v) is 2.11. The van der Waals surface area contributed by atoms with E-state index in [-0.39, 0.29) is 15.9 Å². The van der Waals surface area contributed by atoms with Crippen molar-refractivity contribution in [1.82, 2.24) is 10.3 Å². The Bertz CT molecular complexity index is 355. The third kappa shape index (κ3) is 3.64. The maximum absolute atomic E-state index is 11.7. The van der Waals surface area contributed by atoms with Gasteiger partial charge >= 0.3 is 6.18 Å². The number of alkyl halides is 3. The van der Waals surface area contributed by atoms with Crippen molar-refractivity contribution >= 4 is 29.1 Å². The minimum Gasteiger partial charge on any atom is -0.342 e. The van der Waals surface area contributed by atoms with Crippen molar-refractivity contribution in [2.24, 2.45) is 0 Å². The van der Waals surface area contributed by atoms with Gasteiger partial charge in [-0.3, -0.25) is 4.79 Å². The van der Waals surface area contributed by atoms with Gasteiger partial charge in [0.05, 0.1) is 5.02 Å². The van der Waals surface area contributed by atoms with E-state index in [1.807, 2.05) is 0 Å². The highest BCUT2D eigenvalue weighted by atomic mass is 35.5. The molecule has 8 heteroatoms. The molecule has 1 aromatic rings. The number of nitrogens with one attached hydrogen (secondary N) is 2. The first-order chi connectivity index (χ1) is 6.79. The number of carbonyl (C=O) groups excluding carboxylic acids is 1. The molecule has 0 aliphatic heterocycles. The van der Waals surface area contributed by atoms with Crippen molar-refractivity contribution in [1.29, 1.82) is 0 Å². The topological polar surface area (TPSA) is 44.9 Å². The number of rotatable bonds is 2. The molecular formula is C7H5Cl2F3N2O. The van der Waals surface area contributed by atoms with Crippen LogP contribution in [0.3, 0.4) is 0 Å². The lowest BCUT2D eigenvalue weighted by molar-refractivity contribution is -0.123. The van der Waals surface area contributed by atoms with Gasteiger partial charge in [0.25, 0.3) is 5.91 Å². The number of amides is 1. The van der Waals surface area contributed by atoms with Crippen molar-refractivity contribution in [2.45, 2.75) is 6.18 Å². The van der Waals surface area contributed by atoms with Crippen LogP contribution >= 0.6 is 23.2 Å². The van der Waals surface area contributed by atoms with Crippen LogP contribution in [-0.2, 0) is 0 Å². The Kier molecular flexibility index (Phi) is 3.51. The monoisotopic (exact) mass is 260 g/mol. The summed E-state index contributed by atoms with van der Waals surface area (Å²) in [4.78, 5) is 13.4. The van der Waals surface area contributed by atoms with Gasteiger partial charge in [-0.2, -0.15) is 13.2 Å². The molecule has 1 rings (SSSR count). The largest absolute Gasteiger partial charge is 0.405 e. The Balaban J connectivity index is 2.62. The van der Waals surface area contributed by atoms with Crippen molar-refractivity contribution in [3.05, 3.63) is 21.9 Å². The molecule has 0 fully saturated rings. The predicted molar refractivity (Wildman–Crippen MR) is 49.2 cm³/mol. The molecule has 0 aromatic carbocycles. The fourth-order valence-corrected chi connectivity index (χ4v) is 1.11. The normalized spacial score (nSPS) is 11.5. The second-order valence-corrected chi connectivity index (χ2v) is 3.43. The summed E-state index contributed by atoms with van der Waals surface area (Å²) in [6.45, 7) is -1.40. The Morgan fingerprint density at radius 1 is 1.47 bits per heavy atom. The van der Waals surface area contributed by atoms with E-state index in [4.69, 9.17) is 23.2 Å². The van der Waals surface area contributed by atoms with E-state index in [1.54, 1.807) is 5.32 Å². The smallest absolute Gasteiger partial charge is 0.342 e. The predicted octanol–water partition coefficient (Wildman–Crippen LogP) is 2.61. The van der Waals surface area contributed by atoms with Crippen LogP contribution < -0.4 is 5.32 Å². The number of H-pyrrole nitrogens is 1. The van der Waals surface area contributed by atoms with E-state index in [2.05, 4.69) is 4.98 Å². The minimum absolute atomic E-state index is 0.00817. The van der Waals surface area contributed by atoms with E-state index in [0.717, 1.165) is 6.07 Å². The van der Waals surface area contributed by atoms with Gasteiger partial charge < -0.3 is 10.3 Å². The number of hydrogen-bond acceptors (Lipinski definition) is 1. The molecule has 0 bridgehead atoms. The number of aromatic amines is 1. The van der Waals surface area contributed by atoms with Crippen molar-refractivity contribution in [3.8, 4) is 0 Å². The Labute approximate surface area is 92.5 Å². The van der Waals surface area contributed by atoms with Crippen molar-refractivity contribution in [3.63, 3.8) is 0 Å². The minimum atomic E-state index is -4.45. The molecule has 84 valence electrons. The van der Waals surface area contributed by atoms with E-state index in [0.29, 0.717) is 0 Å². The molecule has 0 aliphatic rings. The van der Waals surface area contributed by atoms with Gasteiger partial charge in [-0.25, -0.2) is 0 Å². The van der Waals surface area contributed by atoms with Crippen LogP contribution in [0.4, 0.5) is 13.2 Å². The highest BCUT2D eigenvalue weighted by Gasteiger charge is 2.28. The standard InChI is InChI=1S/C7H5Cl2F3N2O/c8-3-1-4(14-5(3)9)6(15)13-2-7(10,11)12/h1,14H,2H2,(H,13,15). The van der Waals surface area contributed by atoms with Gasteiger partial charge in [-0.1, -0.05) is 23.2 Å². The number of carbonyl (C=O) groups is 1. The molecule has 1 amide bonds. The maximum atomic E-state index is 11.7. The maximum Gasteiger partial charge on any atom is 0.405 e. The Morgan fingerprint density at radius 2 is 2.07 bits per heavy atom. The second kappa shape index (κ2) is 4.32. The molecule has 0 spiro atoms. The van der Waals surface area contributed by atoms with Crippen molar-refractivity contribution in [2.75, 3.05) is 6.54 Å². The molecule has 0 saturated heterocycles. The van der Waals surface area contributed by atoms with Crippen LogP contribution in [0.1, 0.15) is 10.5 Å². The van der Waals surface area contributed by atoms with Gasteiger partial charge in [-0.05, 0) is 6.07 Å². The van der Waals surface area contributed by atoms with E-state index in [9.17, 15) is 18.0 Å². The number of halogens is 5. The zero-order chi connectivity index (χ0) is 11.6. The Morgan fingerprint density at radius 3 is 2.47 bits per heavy atom. The summed E-state index contributed by atoms with van der Waals surface area (Å²) < 4.78 is 35.2. The summed E-state index contributed by atoms with van der Waals surface area (Å²) in [6.07, 6.45) is -4.45. The summed E-state index contributed by atoms with van der Waals surface area (Å²) in [6, 6.07) is 1.15. The van der Waals surface area contributed by atoms with Gasteiger partial charge in [0.2, 0.25) is 0 Å². The summed E-state index contributed by atoms with van der Waals surface area (Å²) in [5.41, 5.74) is -0.116. The fourth-order valence-electron chi connectivity index (χ4n) is 0.802. The SMILES string of the molecule is O=C(NCC(F)(F)F)c1cc(Cl)c(Cl)[nH]1. The zero-order valence-corrected chi connectivity index (χ0v) is 8.59. The van der Waals surface area contributed by atoms with Gasteiger partial charge in [0.1, 0.15) is 17.4 Å². The molecule has 0 radical (unpaired) electrons. The van der Waals surface area contributed by atoms with Gasteiger partial charge in [0.15, 0.2) is 0 Å². The quantitative estimate of drug-likeness (QED) is 0.844. The molecule has 0 aliphatic carbocycles. The number of hydrogen-bond donors (Lipinski definition) is 2. The summed E-state index contributed by atoms with van der Waals surface area (Å²) >= 11 is 11.0. The molecule has 3 nitrogen and oxygen atoms in total. The number of aromatic nitrogens is 1. The lowest BCUT2D eigenvalue weighted by atomic mass is 10.4. The average Bonchev–Trinajstić information content (AvgIpc) is 2.42. The fraction of sp³-hybridized carbons (Fsp3) is 0.286. The van der Waals surface area contributed by atoms with Crippen LogP contribution in [-0.4, -0.2) is 23.6 Å². The van der Waals surface area contributed by atoms with E-state index >= 15 is 0 Å². The summed E-state index contributed by atoms with van der Waals surface area (Å²) in [5, 5.41) is 1.75. The molecule has 15 heavy (non-hydrogen) atoms. The van der Waals surface area contributed by atoms with Gasteiger partial charge in [-0.15, -0.1) is 0 Å². The van der Waals surface area contributed by atoms with Crippen LogP contribution in [0.25, 0.3) is 0 Å². The molecular weight excluding hydrogens is 256 g/mol. The second-order valence-electron chi connectivity index (χ2n) is 2.64. The average molecular weight is 261 g/mol. The zero-order valence-electron chi connectivity index (χ0n) is 7.08. The molecule has 0 atom stereocenters. The lowest BCUT2D eigenvalue weighted by Crippen LogP contribution is -2.33. The molecule has 0 unspecified atom stereocenters. The Hall–Kier alpha value is -0.880. The molecule has 1 heterocycles. The van der Waals surface area contributed by atoms with Crippen LogP contribution in [0.5, 0.6) is 0 Å². The van der Waals surface area contributed by atoms with Gasteiger partial charge in [0, 0.05) is 0 Å². The van der Waals surface area contributed by atoms with Crippen molar-refractivity contribution < 1.29 is 18.0 Å². The molecule has 0 saturated carbocycles. The first kappa shape index (κ1) is 12.2. The van der Waals surface area contributed by atoms with Crippen LogP contribution in [0.15, 0.2) is 6.07 Å². The van der Waals surface area contributed by atoms with Crippen LogP contribution in [0, 0.1) is 0 Å². The summed E-state index contributed by atoms with van der Waals surface area (Å²) in [5.74, 6) is -0.916. The highest BCUT2D eigenvalue weighted by molar-refractivity contribution is 6.41. The first-order valence-corrected chi connectivity index (χ1v) is 4.44. The molecule has 1 aromatic heterocycles.